The van der Waals surface area contributed by atoms with Crippen LogP contribution in [-0.2, 0) is 14.3 Å². The highest BCUT2D eigenvalue weighted by Crippen LogP contribution is 2.34. The Morgan fingerprint density at radius 1 is 1.55 bits per heavy atom. The number of hydrogen-bond acceptors (Lipinski definition) is 4. The van der Waals surface area contributed by atoms with Gasteiger partial charge in [-0.15, -0.1) is 0 Å². The van der Waals surface area contributed by atoms with Crippen LogP contribution in [0.1, 0.15) is 6.92 Å². The van der Waals surface area contributed by atoms with Crippen molar-refractivity contribution in [2.75, 3.05) is 24.7 Å². The number of ether oxygens (including phenoxy) is 2. The number of amides is 1. The second-order valence-corrected chi connectivity index (χ2v) is 4.50. The van der Waals surface area contributed by atoms with Crippen molar-refractivity contribution >= 4 is 29.2 Å². The van der Waals surface area contributed by atoms with Crippen LogP contribution >= 0.6 is 11.6 Å². The predicted octanol–water partition coefficient (Wildman–Crippen LogP) is 2.18. The third kappa shape index (κ3) is 3.30. The maximum Gasteiger partial charge on any atom is 0.330 e. The largest absolute Gasteiger partial charge is 0.482 e. The Labute approximate surface area is 121 Å². The van der Waals surface area contributed by atoms with Crippen LogP contribution in [0.3, 0.4) is 0 Å². The van der Waals surface area contributed by atoms with Gasteiger partial charge in [-0.3, -0.25) is 4.79 Å². The summed E-state index contributed by atoms with van der Waals surface area (Å²) >= 11 is 5.93. The molecule has 106 valence electrons. The highest BCUT2D eigenvalue weighted by atomic mass is 35.5. The normalized spacial score (nSPS) is 14.1. The fraction of sp³-hybridized carbons (Fsp3) is 0.286. The quantitative estimate of drug-likeness (QED) is 0.631. The molecule has 0 aliphatic carbocycles. The van der Waals surface area contributed by atoms with Gasteiger partial charge in [0, 0.05) is 17.6 Å². The van der Waals surface area contributed by atoms with Gasteiger partial charge in [-0.2, -0.15) is 0 Å². The molecular weight excluding hydrogens is 282 g/mol. The van der Waals surface area contributed by atoms with Gasteiger partial charge in [0.25, 0.3) is 5.91 Å². The Kier molecular flexibility index (Phi) is 4.63. The molecule has 0 atom stereocenters. The van der Waals surface area contributed by atoms with E-state index in [1.807, 2.05) is 0 Å². The number of halogens is 1. The number of esters is 1. The first-order valence-corrected chi connectivity index (χ1v) is 6.55. The third-order valence-corrected chi connectivity index (χ3v) is 2.93. The summed E-state index contributed by atoms with van der Waals surface area (Å²) in [6.07, 6.45) is 2.88. The molecular formula is C14H14ClNO4. The minimum Gasteiger partial charge on any atom is -0.482 e. The molecule has 20 heavy (non-hydrogen) atoms. The van der Waals surface area contributed by atoms with E-state index < -0.39 is 5.97 Å². The first-order valence-electron chi connectivity index (χ1n) is 6.18. The molecule has 1 aliphatic heterocycles. The minimum atomic E-state index is -0.431. The smallest absolute Gasteiger partial charge is 0.330 e. The fourth-order valence-corrected chi connectivity index (χ4v) is 1.99. The average molecular weight is 296 g/mol. The van der Waals surface area contributed by atoms with Gasteiger partial charge in [0.15, 0.2) is 6.61 Å². The lowest BCUT2D eigenvalue weighted by Gasteiger charge is -2.28. The molecule has 5 nitrogen and oxygen atoms in total. The van der Waals surface area contributed by atoms with E-state index in [2.05, 4.69) is 0 Å². The zero-order chi connectivity index (χ0) is 14.5. The number of benzene rings is 1. The molecule has 0 saturated carbocycles. The zero-order valence-corrected chi connectivity index (χ0v) is 11.7. The fourth-order valence-electron chi connectivity index (χ4n) is 1.82. The molecule has 1 amide bonds. The molecule has 0 bridgehead atoms. The highest BCUT2D eigenvalue weighted by Gasteiger charge is 2.24. The minimum absolute atomic E-state index is 0.0259. The molecule has 0 radical (unpaired) electrons. The Balaban J connectivity index is 2.13. The first kappa shape index (κ1) is 14.4. The monoisotopic (exact) mass is 295 g/mol. The lowest BCUT2D eigenvalue weighted by Crippen LogP contribution is -2.38. The summed E-state index contributed by atoms with van der Waals surface area (Å²) in [6, 6.07) is 5.07. The molecule has 0 N–H and O–H groups in total. The Hall–Kier alpha value is -2.01. The van der Waals surface area contributed by atoms with Crippen LogP contribution in [0.2, 0.25) is 5.02 Å². The average Bonchev–Trinajstić information content (AvgIpc) is 2.41. The summed E-state index contributed by atoms with van der Waals surface area (Å²) in [5.74, 6) is -0.0219. The molecule has 0 unspecified atom stereocenters. The Morgan fingerprint density at radius 3 is 3.10 bits per heavy atom. The van der Waals surface area contributed by atoms with Crippen LogP contribution in [0.5, 0.6) is 5.75 Å². The van der Waals surface area contributed by atoms with E-state index in [1.54, 1.807) is 31.2 Å². The SMILES string of the molecule is CCOC(=O)/C=C/CN1C(=O)COc2ccc(Cl)cc21. The van der Waals surface area contributed by atoms with E-state index in [0.29, 0.717) is 23.1 Å². The van der Waals surface area contributed by atoms with Crippen molar-refractivity contribution in [1.29, 1.82) is 0 Å². The van der Waals surface area contributed by atoms with Crippen molar-refractivity contribution in [3.05, 3.63) is 35.4 Å². The Morgan fingerprint density at radius 2 is 2.35 bits per heavy atom. The van der Waals surface area contributed by atoms with Crippen molar-refractivity contribution in [1.82, 2.24) is 0 Å². The summed E-state index contributed by atoms with van der Waals surface area (Å²) < 4.78 is 10.1. The van der Waals surface area contributed by atoms with Crippen molar-refractivity contribution in [2.24, 2.45) is 0 Å². The van der Waals surface area contributed by atoms with Crippen molar-refractivity contribution < 1.29 is 19.1 Å². The standard InChI is InChI=1S/C14H14ClNO4/c1-2-19-14(18)4-3-7-16-11-8-10(15)5-6-12(11)20-9-13(16)17/h3-6,8H,2,7,9H2,1H3/b4-3+. The topological polar surface area (TPSA) is 55.8 Å². The van der Waals surface area contributed by atoms with Crippen LogP contribution in [-0.4, -0.2) is 31.6 Å². The van der Waals surface area contributed by atoms with Gasteiger partial charge in [-0.25, -0.2) is 4.79 Å². The lowest BCUT2D eigenvalue weighted by atomic mass is 10.2. The van der Waals surface area contributed by atoms with Crippen LogP contribution in [0.25, 0.3) is 0 Å². The third-order valence-electron chi connectivity index (χ3n) is 2.69. The second-order valence-electron chi connectivity index (χ2n) is 4.06. The molecule has 0 saturated heterocycles. The van der Waals surface area contributed by atoms with Gasteiger partial charge in [0.05, 0.1) is 12.3 Å². The molecule has 1 heterocycles. The first-order chi connectivity index (χ1) is 9.61. The molecule has 6 heteroatoms. The molecule has 0 fully saturated rings. The van der Waals surface area contributed by atoms with Crippen molar-refractivity contribution in [3.63, 3.8) is 0 Å². The van der Waals surface area contributed by atoms with Gasteiger partial charge < -0.3 is 14.4 Å². The van der Waals surface area contributed by atoms with Crippen LogP contribution in [0.15, 0.2) is 30.4 Å². The summed E-state index contributed by atoms with van der Waals surface area (Å²) in [7, 11) is 0. The van der Waals surface area contributed by atoms with E-state index in [0.717, 1.165) is 0 Å². The predicted molar refractivity (Wildman–Crippen MR) is 75.1 cm³/mol. The van der Waals surface area contributed by atoms with Crippen molar-refractivity contribution in [3.8, 4) is 5.75 Å². The van der Waals surface area contributed by atoms with Crippen LogP contribution in [0, 0.1) is 0 Å². The van der Waals surface area contributed by atoms with E-state index in [1.165, 1.54) is 11.0 Å². The van der Waals surface area contributed by atoms with Gasteiger partial charge in [0.1, 0.15) is 5.75 Å². The van der Waals surface area contributed by atoms with Crippen LogP contribution < -0.4 is 9.64 Å². The summed E-state index contributed by atoms with van der Waals surface area (Å²) in [6.45, 7) is 2.28. The van der Waals surface area contributed by atoms with Gasteiger partial charge >= 0.3 is 5.97 Å². The molecule has 0 spiro atoms. The number of rotatable bonds is 4. The molecule has 2 rings (SSSR count). The summed E-state index contributed by atoms with van der Waals surface area (Å²) in [4.78, 5) is 24.6. The van der Waals surface area contributed by atoms with E-state index in [-0.39, 0.29) is 19.1 Å². The molecule has 1 aliphatic rings. The zero-order valence-electron chi connectivity index (χ0n) is 11.0. The summed E-state index contributed by atoms with van der Waals surface area (Å²) in [5.41, 5.74) is 0.599. The summed E-state index contributed by atoms with van der Waals surface area (Å²) in [5, 5.41) is 0.515. The van der Waals surface area contributed by atoms with E-state index in [4.69, 9.17) is 21.1 Å². The van der Waals surface area contributed by atoms with Gasteiger partial charge in [-0.05, 0) is 25.1 Å². The number of anilines is 1. The maximum atomic E-state index is 11.9. The van der Waals surface area contributed by atoms with Crippen molar-refractivity contribution in [2.45, 2.75) is 6.92 Å². The highest BCUT2D eigenvalue weighted by molar-refractivity contribution is 6.31. The number of fused-ring (bicyclic) bond motifs is 1. The second kappa shape index (κ2) is 6.43. The van der Waals surface area contributed by atoms with E-state index >= 15 is 0 Å². The lowest BCUT2D eigenvalue weighted by molar-refractivity contribution is -0.137. The van der Waals surface area contributed by atoms with Gasteiger partial charge in [-0.1, -0.05) is 17.7 Å². The Bertz CT molecular complexity index is 556. The van der Waals surface area contributed by atoms with E-state index in [9.17, 15) is 9.59 Å². The number of hydrogen-bond donors (Lipinski definition) is 0. The molecule has 1 aromatic rings. The number of nitrogens with zero attached hydrogens (tertiary/aromatic N) is 1. The molecule has 1 aromatic carbocycles. The molecule has 0 aromatic heterocycles. The van der Waals surface area contributed by atoms with Crippen LogP contribution in [0.4, 0.5) is 5.69 Å². The van der Waals surface area contributed by atoms with Gasteiger partial charge in [0.2, 0.25) is 0 Å². The maximum absolute atomic E-state index is 11.9. The number of carbonyl (C=O) groups is 2. The number of carbonyl (C=O) groups excluding carboxylic acids is 2.